The largest absolute Gasteiger partial charge is 0.483 e. The lowest BCUT2D eigenvalue weighted by atomic mass is 10.0. The maximum absolute atomic E-state index is 11.8. The van der Waals surface area contributed by atoms with Crippen LogP contribution < -0.4 is 10.1 Å². The third-order valence-corrected chi connectivity index (χ3v) is 4.98. The van der Waals surface area contributed by atoms with Crippen molar-refractivity contribution in [2.45, 2.75) is 25.5 Å². The molecule has 0 atom stereocenters. The maximum Gasteiger partial charge on any atom is 0.257 e. The van der Waals surface area contributed by atoms with Gasteiger partial charge in [-0.15, -0.1) is 0 Å². The minimum atomic E-state index is -0.117. The monoisotopic (exact) mass is 411 g/mol. The number of ether oxygens (including phenoxy) is 1. The van der Waals surface area contributed by atoms with E-state index in [0.29, 0.717) is 18.2 Å². The number of hydrogen-bond acceptors (Lipinski definition) is 4. The molecular weight excluding hydrogens is 390 g/mol. The third kappa shape index (κ3) is 6.24. The molecule has 4 nitrogen and oxygen atoms in total. The first-order valence-corrected chi connectivity index (χ1v) is 9.80. The Morgan fingerprint density at radius 2 is 2.21 bits per heavy atom. The number of carbonyl (C=O) groups excluding carboxylic acids is 1. The summed E-state index contributed by atoms with van der Waals surface area (Å²) in [6.07, 6.45) is 1.67. The van der Waals surface area contributed by atoms with Gasteiger partial charge in [-0.2, -0.15) is 11.8 Å². The second kappa shape index (κ2) is 9.79. The van der Waals surface area contributed by atoms with Crippen LogP contribution in [0, 0.1) is 0 Å². The number of furan rings is 1. The molecule has 1 aromatic heterocycles. The molecule has 0 bridgehead atoms. The summed E-state index contributed by atoms with van der Waals surface area (Å²) < 4.78 is 11.7. The van der Waals surface area contributed by atoms with Gasteiger partial charge >= 0.3 is 0 Å². The Hall–Kier alpha value is -1.40. The van der Waals surface area contributed by atoms with E-state index in [0.717, 1.165) is 21.7 Å². The van der Waals surface area contributed by atoms with E-state index in [1.807, 2.05) is 30.3 Å². The highest BCUT2D eigenvalue weighted by atomic mass is 79.9. The van der Waals surface area contributed by atoms with Gasteiger partial charge in [-0.25, -0.2) is 0 Å². The molecule has 2 rings (SSSR count). The van der Waals surface area contributed by atoms with Gasteiger partial charge < -0.3 is 14.5 Å². The summed E-state index contributed by atoms with van der Waals surface area (Å²) in [5.41, 5.74) is 1.23. The first kappa shape index (κ1) is 18.9. The summed E-state index contributed by atoms with van der Waals surface area (Å²) in [6.45, 7) is 4.91. The van der Waals surface area contributed by atoms with Gasteiger partial charge in [-0.05, 0) is 51.7 Å². The molecule has 130 valence electrons. The predicted molar refractivity (Wildman–Crippen MR) is 102 cm³/mol. The zero-order valence-electron chi connectivity index (χ0n) is 13.9. The van der Waals surface area contributed by atoms with Crippen molar-refractivity contribution in [3.63, 3.8) is 0 Å². The molecular formula is C18H22BrNO3S. The smallest absolute Gasteiger partial charge is 0.257 e. The average molecular weight is 412 g/mol. The Balaban J connectivity index is 1.64. The Kier molecular flexibility index (Phi) is 7.72. The van der Waals surface area contributed by atoms with E-state index in [9.17, 15) is 4.79 Å². The van der Waals surface area contributed by atoms with E-state index in [2.05, 4.69) is 35.1 Å². The molecule has 0 aliphatic carbocycles. The number of thioether (sulfide) groups is 1. The molecule has 0 unspecified atom stereocenters. The molecule has 1 heterocycles. The van der Waals surface area contributed by atoms with Crippen molar-refractivity contribution in [3.05, 3.63) is 52.4 Å². The first-order valence-electron chi connectivity index (χ1n) is 7.85. The third-order valence-electron chi connectivity index (χ3n) is 3.37. The number of nitrogens with one attached hydrogen (secondary N) is 1. The minimum absolute atomic E-state index is 0.0163. The SMILES string of the molecule is CC(C)c1ccc(OCC(=O)NCCSCc2ccco2)c(Br)c1. The van der Waals surface area contributed by atoms with Gasteiger partial charge in [0.15, 0.2) is 6.61 Å². The van der Waals surface area contributed by atoms with Crippen LogP contribution in [0.2, 0.25) is 0 Å². The van der Waals surface area contributed by atoms with Gasteiger partial charge in [0.2, 0.25) is 0 Å². The fourth-order valence-corrected chi connectivity index (χ4v) is 3.28. The van der Waals surface area contributed by atoms with Gasteiger partial charge in [0, 0.05) is 12.3 Å². The summed E-state index contributed by atoms with van der Waals surface area (Å²) in [5, 5.41) is 2.85. The lowest BCUT2D eigenvalue weighted by Crippen LogP contribution is -2.30. The van der Waals surface area contributed by atoms with Crippen LogP contribution in [0.1, 0.15) is 31.1 Å². The molecule has 0 aliphatic rings. The molecule has 0 spiro atoms. The van der Waals surface area contributed by atoms with Crippen LogP contribution in [-0.2, 0) is 10.5 Å². The predicted octanol–water partition coefficient (Wildman–Crippen LogP) is 4.59. The minimum Gasteiger partial charge on any atom is -0.483 e. The lowest BCUT2D eigenvalue weighted by Gasteiger charge is -2.11. The fourth-order valence-electron chi connectivity index (χ4n) is 2.02. The topological polar surface area (TPSA) is 51.5 Å². The number of rotatable bonds is 9. The molecule has 1 N–H and O–H groups in total. The fraction of sp³-hybridized carbons (Fsp3) is 0.389. The quantitative estimate of drug-likeness (QED) is 0.612. The second-order valence-electron chi connectivity index (χ2n) is 5.62. The van der Waals surface area contributed by atoms with E-state index in [1.54, 1.807) is 18.0 Å². The number of hydrogen-bond donors (Lipinski definition) is 1. The van der Waals surface area contributed by atoms with Gasteiger partial charge in [-0.3, -0.25) is 4.79 Å². The molecule has 0 radical (unpaired) electrons. The first-order chi connectivity index (χ1) is 11.6. The highest BCUT2D eigenvalue weighted by molar-refractivity contribution is 9.10. The van der Waals surface area contributed by atoms with Crippen molar-refractivity contribution in [2.75, 3.05) is 18.9 Å². The van der Waals surface area contributed by atoms with Crippen molar-refractivity contribution >= 4 is 33.6 Å². The summed E-state index contributed by atoms with van der Waals surface area (Å²) in [5.74, 6) is 3.62. The van der Waals surface area contributed by atoms with Crippen molar-refractivity contribution < 1.29 is 13.9 Å². The highest BCUT2D eigenvalue weighted by Gasteiger charge is 2.08. The van der Waals surface area contributed by atoms with Crippen molar-refractivity contribution in [3.8, 4) is 5.75 Å². The number of carbonyl (C=O) groups is 1. The molecule has 0 fully saturated rings. The molecule has 0 saturated carbocycles. The van der Waals surface area contributed by atoms with E-state index in [4.69, 9.17) is 9.15 Å². The maximum atomic E-state index is 11.8. The van der Waals surface area contributed by atoms with Gasteiger partial charge in [0.25, 0.3) is 5.91 Å². The number of halogens is 1. The van der Waals surface area contributed by atoms with Crippen LogP contribution in [0.15, 0.2) is 45.5 Å². The molecule has 2 aromatic rings. The van der Waals surface area contributed by atoms with Crippen molar-refractivity contribution in [2.24, 2.45) is 0 Å². The van der Waals surface area contributed by atoms with E-state index < -0.39 is 0 Å². The van der Waals surface area contributed by atoms with Crippen LogP contribution in [-0.4, -0.2) is 24.8 Å². The summed E-state index contributed by atoms with van der Waals surface area (Å²) in [7, 11) is 0. The van der Waals surface area contributed by atoms with Crippen LogP contribution in [0.3, 0.4) is 0 Å². The molecule has 1 aromatic carbocycles. The van der Waals surface area contributed by atoms with E-state index in [1.165, 1.54) is 5.56 Å². The lowest BCUT2D eigenvalue weighted by molar-refractivity contribution is -0.122. The molecule has 6 heteroatoms. The zero-order chi connectivity index (χ0) is 17.4. The van der Waals surface area contributed by atoms with Gasteiger partial charge in [0.05, 0.1) is 16.5 Å². The highest BCUT2D eigenvalue weighted by Crippen LogP contribution is 2.28. The molecule has 24 heavy (non-hydrogen) atoms. The van der Waals surface area contributed by atoms with Gasteiger partial charge in [-0.1, -0.05) is 19.9 Å². The van der Waals surface area contributed by atoms with Crippen LogP contribution in [0.4, 0.5) is 0 Å². The van der Waals surface area contributed by atoms with E-state index in [-0.39, 0.29) is 12.5 Å². The zero-order valence-corrected chi connectivity index (χ0v) is 16.3. The normalized spacial score (nSPS) is 10.8. The number of benzene rings is 1. The second-order valence-corrected chi connectivity index (χ2v) is 7.57. The summed E-state index contributed by atoms with van der Waals surface area (Å²) in [4.78, 5) is 11.8. The Morgan fingerprint density at radius 3 is 2.88 bits per heavy atom. The molecule has 0 saturated heterocycles. The van der Waals surface area contributed by atoms with Crippen LogP contribution in [0.5, 0.6) is 5.75 Å². The van der Waals surface area contributed by atoms with Crippen molar-refractivity contribution in [1.29, 1.82) is 0 Å². The molecule has 1 amide bonds. The summed E-state index contributed by atoms with van der Waals surface area (Å²) >= 11 is 5.21. The van der Waals surface area contributed by atoms with E-state index >= 15 is 0 Å². The Labute approximate surface area is 155 Å². The standard InChI is InChI=1S/C18H22BrNO3S/c1-13(2)14-5-6-17(16(19)10-14)23-11-18(21)20-7-9-24-12-15-4-3-8-22-15/h3-6,8,10,13H,7,9,11-12H2,1-2H3,(H,20,21). The van der Waals surface area contributed by atoms with Crippen LogP contribution in [0.25, 0.3) is 0 Å². The molecule has 0 aliphatic heterocycles. The van der Waals surface area contributed by atoms with Crippen molar-refractivity contribution in [1.82, 2.24) is 5.32 Å². The Morgan fingerprint density at radius 1 is 1.38 bits per heavy atom. The number of amides is 1. The van der Waals surface area contributed by atoms with Gasteiger partial charge in [0.1, 0.15) is 11.5 Å². The Bertz CT molecular complexity index is 644. The summed E-state index contributed by atoms with van der Waals surface area (Å²) in [6, 6.07) is 9.77. The average Bonchev–Trinajstić information content (AvgIpc) is 3.06. The van der Waals surface area contributed by atoms with Crippen LogP contribution >= 0.6 is 27.7 Å².